The van der Waals surface area contributed by atoms with Crippen LogP contribution in [0.1, 0.15) is 11.3 Å². The van der Waals surface area contributed by atoms with Gasteiger partial charge in [0, 0.05) is 27.3 Å². The molecular formula is C20H16BrN3OS. The molecule has 26 heavy (non-hydrogen) atoms. The molecule has 2 heterocycles. The Hall–Kier alpha value is -2.44. The number of aryl methyl sites for hydroxylation is 1. The van der Waals surface area contributed by atoms with Crippen LogP contribution in [0.5, 0.6) is 0 Å². The normalized spacial score (nSPS) is 11.0. The first-order chi connectivity index (χ1) is 12.6. The van der Waals surface area contributed by atoms with Gasteiger partial charge >= 0.3 is 0 Å². The van der Waals surface area contributed by atoms with E-state index in [0.717, 1.165) is 37.6 Å². The molecule has 0 aliphatic rings. The number of anilines is 1. The Morgan fingerprint density at radius 1 is 1.23 bits per heavy atom. The number of carbonyl (C=O) groups excluding carboxylic acids is 1. The van der Waals surface area contributed by atoms with Crippen LogP contribution >= 0.6 is 27.3 Å². The molecule has 0 bridgehead atoms. The first-order valence-corrected chi connectivity index (χ1v) is 9.84. The summed E-state index contributed by atoms with van der Waals surface area (Å²) in [5.41, 5.74) is 4.84. The molecule has 0 aliphatic carbocycles. The Kier molecular flexibility index (Phi) is 4.61. The monoisotopic (exact) mass is 425 g/mol. The molecule has 4 aromatic rings. The van der Waals surface area contributed by atoms with E-state index in [9.17, 15) is 4.79 Å². The molecule has 0 saturated heterocycles. The fourth-order valence-electron chi connectivity index (χ4n) is 2.78. The second-order valence-electron chi connectivity index (χ2n) is 6.08. The average molecular weight is 426 g/mol. The van der Waals surface area contributed by atoms with Crippen molar-refractivity contribution in [3.05, 3.63) is 75.8 Å². The van der Waals surface area contributed by atoms with Crippen molar-refractivity contribution >= 4 is 43.8 Å². The lowest BCUT2D eigenvalue weighted by Crippen LogP contribution is -2.15. The van der Waals surface area contributed by atoms with Crippen molar-refractivity contribution in [1.82, 2.24) is 9.38 Å². The number of imidazole rings is 1. The molecule has 2 aromatic heterocycles. The van der Waals surface area contributed by atoms with Gasteiger partial charge in [0.1, 0.15) is 0 Å². The third-order valence-corrected chi connectivity index (χ3v) is 5.64. The highest BCUT2D eigenvalue weighted by Gasteiger charge is 2.13. The van der Waals surface area contributed by atoms with Crippen molar-refractivity contribution in [1.29, 1.82) is 0 Å². The summed E-state index contributed by atoms with van der Waals surface area (Å²) >= 11 is 5.04. The summed E-state index contributed by atoms with van der Waals surface area (Å²) in [6.07, 6.45) is 2.29. The van der Waals surface area contributed by atoms with E-state index >= 15 is 0 Å². The first-order valence-electron chi connectivity index (χ1n) is 8.17. The summed E-state index contributed by atoms with van der Waals surface area (Å²) in [5.74, 6) is -0.0517. The number of carbonyl (C=O) groups is 1. The molecule has 0 spiro atoms. The average Bonchev–Trinajstić information content (AvgIpc) is 3.20. The topological polar surface area (TPSA) is 46.4 Å². The second kappa shape index (κ2) is 7.05. The van der Waals surface area contributed by atoms with Crippen LogP contribution in [0.4, 0.5) is 5.69 Å². The molecule has 6 heteroatoms. The lowest BCUT2D eigenvalue weighted by atomic mass is 10.2. The minimum absolute atomic E-state index is 0.0517. The standard InChI is InChI=1S/C20H16BrN3OS/c1-13-7-8-17(16(21)9-13)22-19(25)10-15-12-26-20-23-18(11-24(15)20)14-5-3-2-4-6-14/h2-9,11-12H,10H2,1H3,(H,22,25). The van der Waals surface area contributed by atoms with E-state index in [4.69, 9.17) is 0 Å². The molecule has 4 rings (SSSR count). The maximum Gasteiger partial charge on any atom is 0.230 e. The zero-order valence-electron chi connectivity index (χ0n) is 14.1. The maximum atomic E-state index is 12.5. The Morgan fingerprint density at radius 2 is 2.04 bits per heavy atom. The Morgan fingerprint density at radius 3 is 2.81 bits per heavy atom. The smallest absolute Gasteiger partial charge is 0.230 e. The maximum absolute atomic E-state index is 12.5. The van der Waals surface area contributed by atoms with Crippen LogP contribution in [-0.4, -0.2) is 15.3 Å². The minimum Gasteiger partial charge on any atom is -0.325 e. The van der Waals surface area contributed by atoms with Crippen molar-refractivity contribution in [3.63, 3.8) is 0 Å². The van der Waals surface area contributed by atoms with Crippen molar-refractivity contribution in [2.24, 2.45) is 0 Å². The number of thiazole rings is 1. The van der Waals surface area contributed by atoms with Crippen LogP contribution in [0, 0.1) is 6.92 Å². The van der Waals surface area contributed by atoms with Gasteiger partial charge in [-0.15, -0.1) is 11.3 Å². The largest absolute Gasteiger partial charge is 0.325 e. The molecule has 0 aliphatic heterocycles. The first kappa shape index (κ1) is 17.0. The summed E-state index contributed by atoms with van der Waals surface area (Å²) in [4.78, 5) is 18.0. The van der Waals surface area contributed by atoms with Crippen molar-refractivity contribution < 1.29 is 4.79 Å². The highest BCUT2D eigenvalue weighted by atomic mass is 79.9. The highest BCUT2D eigenvalue weighted by Crippen LogP contribution is 2.25. The van der Waals surface area contributed by atoms with Gasteiger partial charge in [-0.05, 0) is 40.5 Å². The van der Waals surface area contributed by atoms with E-state index in [-0.39, 0.29) is 5.91 Å². The van der Waals surface area contributed by atoms with E-state index in [0.29, 0.717) is 6.42 Å². The summed E-state index contributed by atoms with van der Waals surface area (Å²) in [5, 5.41) is 4.95. The molecular weight excluding hydrogens is 410 g/mol. The highest BCUT2D eigenvalue weighted by molar-refractivity contribution is 9.10. The number of benzene rings is 2. The van der Waals surface area contributed by atoms with Gasteiger partial charge in [-0.1, -0.05) is 36.4 Å². The van der Waals surface area contributed by atoms with E-state index in [1.165, 1.54) is 0 Å². The number of halogens is 1. The number of amides is 1. The van der Waals surface area contributed by atoms with Gasteiger partial charge in [0.15, 0.2) is 4.96 Å². The molecule has 1 N–H and O–H groups in total. The lowest BCUT2D eigenvalue weighted by molar-refractivity contribution is -0.115. The van der Waals surface area contributed by atoms with Gasteiger partial charge < -0.3 is 5.32 Å². The zero-order chi connectivity index (χ0) is 18.1. The number of fused-ring (bicyclic) bond motifs is 1. The third kappa shape index (κ3) is 3.43. The number of aromatic nitrogens is 2. The number of nitrogens with one attached hydrogen (secondary N) is 1. The molecule has 0 saturated carbocycles. The van der Waals surface area contributed by atoms with Crippen LogP contribution in [0.15, 0.2) is 64.6 Å². The number of nitrogens with zero attached hydrogens (tertiary/aromatic N) is 2. The molecule has 2 aromatic carbocycles. The van der Waals surface area contributed by atoms with Gasteiger partial charge in [0.2, 0.25) is 5.91 Å². The fraction of sp³-hybridized carbons (Fsp3) is 0.100. The SMILES string of the molecule is Cc1ccc(NC(=O)Cc2csc3nc(-c4ccccc4)cn23)c(Br)c1. The van der Waals surface area contributed by atoms with Gasteiger partial charge in [-0.2, -0.15) is 0 Å². The molecule has 1 amide bonds. The molecule has 0 atom stereocenters. The summed E-state index contributed by atoms with van der Waals surface area (Å²) in [6, 6.07) is 15.9. The van der Waals surface area contributed by atoms with Gasteiger partial charge in [-0.25, -0.2) is 4.98 Å². The fourth-order valence-corrected chi connectivity index (χ4v) is 4.25. The minimum atomic E-state index is -0.0517. The summed E-state index contributed by atoms with van der Waals surface area (Å²) in [7, 11) is 0. The Balaban J connectivity index is 1.55. The molecule has 0 radical (unpaired) electrons. The van der Waals surface area contributed by atoms with Crippen LogP contribution < -0.4 is 5.32 Å². The molecule has 0 unspecified atom stereocenters. The van der Waals surface area contributed by atoms with E-state index in [1.807, 2.05) is 71.4 Å². The van der Waals surface area contributed by atoms with E-state index in [1.54, 1.807) is 11.3 Å². The van der Waals surface area contributed by atoms with Gasteiger partial charge in [-0.3, -0.25) is 9.20 Å². The van der Waals surface area contributed by atoms with E-state index in [2.05, 4.69) is 26.2 Å². The predicted molar refractivity (Wildman–Crippen MR) is 110 cm³/mol. The quantitative estimate of drug-likeness (QED) is 0.481. The van der Waals surface area contributed by atoms with Gasteiger partial charge in [0.25, 0.3) is 0 Å². The number of rotatable bonds is 4. The second-order valence-corrected chi connectivity index (χ2v) is 7.77. The van der Waals surface area contributed by atoms with Crippen LogP contribution in [0.25, 0.3) is 16.2 Å². The van der Waals surface area contributed by atoms with Crippen molar-refractivity contribution in [2.45, 2.75) is 13.3 Å². The van der Waals surface area contributed by atoms with E-state index < -0.39 is 0 Å². The van der Waals surface area contributed by atoms with Crippen LogP contribution in [0.2, 0.25) is 0 Å². The molecule has 130 valence electrons. The predicted octanol–water partition coefficient (Wildman–Crippen LogP) is 5.31. The van der Waals surface area contributed by atoms with Crippen LogP contribution in [0.3, 0.4) is 0 Å². The van der Waals surface area contributed by atoms with Crippen molar-refractivity contribution in [3.8, 4) is 11.3 Å². The lowest BCUT2D eigenvalue weighted by Gasteiger charge is -2.08. The van der Waals surface area contributed by atoms with Gasteiger partial charge in [0.05, 0.1) is 17.8 Å². The summed E-state index contributed by atoms with van der Waals surface area (Å²) < 4.78 is 2.88. The molecule has 4 nitrogen and oxygen atoms in total. The molecule has 0 fully saturated rings. The number of hydrogen-bond donors (Lipinski definition) is 1. The summed E-state index contributed by atoms with van der Waals surface area (Å²) in [6.45, 7) is 2.02. The number of hydrogen-bond acceptors (Lipinski definition) is 3. The third-order valence-electron chi connectivity index (χ3n) is 4.09. The van der Waals surface area contributed by atoms with Crippen LogP contribution in [-0.2, 0) is 11.2 Å². The Bertz CT molecular complexity index is 1090. The van der Waals surface area contributed by atoms with Crippen molar-refractivity contribution in [2.75, 3.05) is 5.32 Å². The Labute approximate surface area is 163 Å². The zero-order valence-corrected chi connectivity index (χ0v) is 16.5.